The summed E-state index contributed by atoms with van der Waals surface area (Å²) >= 11 is 0. The Hall–Kier alpha value is -2.66. The molecular weight excluding hydrogens is 314 g/mol. The fraction of sp³-hybridized carbons (Fsp3) is 0.300. The number of rotatable bonds is 7. The van der Waals surface area contributed by atoms with Gasteiger partial charge >= 0.3 is 0 Å². The molecule has 130 valence electrons. The lowest BCUT2D eigenvalue weighted by Crippen LogP contribution is -2.29. The lowest BCUT2D eigenvalue weighted by Gasteiger charge is -2.13. The van der Waals surface area contributed by atoms with Gasteiger partial charge in [0, 0.05) is 12.2 Å². The van der Waals surface area contributed by atoms with E-state index in [0.717, 1.165) is 37.1 Å². The number of hydrogen-bond acceptors (Lipinski definition) is 4. The van der Waals surface area contributed by atoms with Crippen LogP contribution in [-0.2, 0) is 0 Å². The minimum absolute atomic E-state index is 0.265. The molecular formula is C20H23N3O2. The van der Waals surface area contributed by atoms with Gasteiger partial charge in [-0.2, -0.15) is 0 Å². The molecule has 3 rings (SSSR count). The first kappa shape index (κ1) is 17.2. The fourth-order valence-electron chi connectivity index (χ4n) is 2.96. The Balaban J connectivity index is 1.75. The number of benzene rings is 2. The molecule has 0 saturated heterocycles. The number of nitrogens with two attached hydrogens (primary N) is 1. The molecule has 1 heterocycles. The molecule has 1 aliphatic heterocycles. The third-order valence-electron chi connectivity index (χ3n) is 4.39. The van der Waals surface area contributed by atoms with Crippen molar-refractivity contribution in [3.8, 4) is 0 Å². The standard InChI is InChI=1S/C20H23N3O2/c1-14-5-8-16(9-6-14)23-19(24)17-10-7-15(13-18(17)20(23)25)22-12-4-2-3-11-21/h5-10,13,22H,2-4,11-12,21H2,1H3. The molecule has 2 aromatic carbocycles. The van der Waals surface area contributed by atoms with Crippen LogP contribution in [0.3, 0.4) is 0 Å². The van der Waals surface area contributed by atoms with E-state index in [9.17, 15) is 9.59 Å². The maximum atomic E-state index is 12.7. The molecule has 0 radical (unpaired) electrons. The number of imide groups is 1. The second-order valence-electron chi connectivity index (χ2n) is 6.32. The minimum atomic E-state index is -0.268. The van der Waals surface area contributed by atoms with Crippen LogP contribution in [0.5, 0.6) is 0 Å². The van der Waals surface area contributed by atoms with Gasteiger partial charge in [-0.1, -0.05) is 24.1 Å². The Morgan fingerprint density at radius 3 is 2.36 bits per heavy atom. The molecule has 0 atom stereocenters. The monoisotopic (exact) mass is 337 g/mol. The van der Waals surface area contributed by atoms with Crippen LogP contribution in [0.15, 0.2) is 42.5 Å². The van der Waals surface area contributed by atoms with E-state index >= 15 is 0 Å². The number of hydrogen-bond donors (Lipinski definition) is 2. The molecule has 0 spiro atoms. The molecule has 0 aromatic heterocycles. The van der Waals surface area contributed by atoms with E-state index in [1.54, 1.807) is 24.3 Å². The van der Waals surface area contributed by atoms with Crippen molar-refractivity contribution < 1.29 is 9.59 Å². The van der Waals surface area contributed by atoms with E-state index in [1.807, 2.05) is 25.1 Å². The number of anilines is 2. The molecule has 5 nitrogen and oxygen atoms in total. The molecule has 2 aromatic rings. The van der Waals surface area contributed by atoms with Gasteiger partial charge in [-0.05, 0) is 56.6 Å². The van der Waals surface area contributed by atoms with Gasteiger partial charge in [0.15, 0.2) is 0 Å². The number of unbranched alkanes of at least 4 members (excludes halogenated alkanes) is 2. The van der Waals surface area contributed by atoms with Gasteiger partial charge in [0.2, 0.25) is 0 Å². The molecule has 5 heteroatoms. The summed E-state index contributed by atoms with van der Waals surface area (Å²) in [7, 11) is 0. The summed E-state index contributed by atoms with van der Waals surface area (Å²) in [6.07, 6.45) is 3.12. The minimum Gasteiger partial charge on any atom is -0.385 e. The van der Waals surface area contributed by atoms with Crippen LogP contribution < -0.4 is 16.0 Å². The highest BCUT2D eigenvalue weighted by Crippen LogP contribution is 2.30. The van der Waals surface area contributed by atoms with Gasteiger partial charge < -0.3 is 11.1 Å². The predicted octanol–water partition coefficient (Wildman–Crippen LogP) is 3.34. The topological polar surface area (TPSA) is 75.4 Å². The van der Waals surface area contributed by atoms with E-state index in [2.05, 4.69) is 5.32 Å². The highest BCUT2D eigenvalue weighted by Gasteiger charge is 2.36. The molecule has 1 aliphatic rings. The molecule has 0 saturated carbocycles. The first-order valence-electron chi connectivity index (χ1n) is 8.65. The Morgan fingerprint density at radius 2 is 1.64 bits per heavy atom. The van der Waals surface area contributed by atoms with Gasteiger partial charge in [-0.15, -0.1) is 0 Å². The molecule has 0 bridgehead atoms. The van der Waals surface area contributed by atoms with Gasteiger partial charge in [-0.3, -0.25) is 9.59 Å². The third kappa shape index (κ3) is 3.56. The van der Waals surface area contributed by atoms with E-state index in [4.69, 9.17) is 5.73 Å². The quantitative estimate of drug-likeness (QED) is 0.600. The Kier molecular flexibility index (Phi) is 5.14. The van der Waals surface area contributed by atoms with Crippen molar-refractivity contribution in [2.24, 2.45) is 5.73 Å². The zero-order chi connectivity index (χ0) is 17.8. The van der Waals surface area contributed by atoms with Crippen LogP contribution in [-0.4, -0.2) is 24.9 Å². The Morgan fingerprint density at radius 1 is 0.920 bits per heavy atom. The predicted molar refractivity (Wildman–Crippen MR) is 100 cm³/mol. The second kappa shape index (κ2) is 7.49. The van der Waals surface area contributed by atoms with Gasteiger partial charge in [0.05, 0.1) is 16.8 Å². The maximum Gasteiger partial charge on any atom is 0.266 e. The van der Waals surface area contributed by atoms with Crippen LogP contribution in [0.1, 0.15) is 45.5 Å². The van der Waals surface area contributed by atoms with Crippen molar-refractivity contribution in [1.82, 2.24) is 0 Å². The Labute approximate surface area is 147 Å². The summed E-state index contributed by atoms with van der Waals surface area (Å²) in [6.45, 7) is 3.50. The largest absolute Gasteiger partial charge is 0.385 e. The summed E-state index contributed by atoms with van der Waals surface area (Å²) in [5, 5.41) is 3.31. The zero-order valence-corrected chi connectivity index (χ0v) is 14.4. The first-order valence-corrected chi connectivity index (χ1v) is 8.65. The van der Waals surface area contributed by atoms with Crippen LogP contribution in [0.25, 0.3) is 0 Å². The Bertz CT molecular complexity index is 784. The smallest absolute Gasteiger partial charge is 0.266 e. The summed E-state index contributed by atoms with van der Waals surface area (Å²) < 4.78 is 0. The summed E-state index contributed by atoms with van der Waals surface area (Å²) in [5.74, 6) is -0.533. The normalized spacial score (nSPS) is 13.3. The van der Waals surface area contributed by atoms with Crippen LogP contribution in [0.2, 0.25) is 0 Å². The molecule has 0 aliphatic carbocycles. The number of carbonyl (C=O) groups is 2. The zero-order valence-electron chi connectivity index (χ0n) is 14.4. The SMILES string of the molecule is Cc1ccc(N2C(=O)c3ccc(NCCCCCN)cc3C2=O)cc1. The summed E-state index contributed by atoms with van der Waals surface area (Å²) in [5.41, 5.74) is 8.95. The van der Waals surface area contributed by atoms with Crippen molar-refractivity contribution in [3.63, 3.8) is 0 Å². The highest BCUT2D eigenvalue weighted by atomic mass is 16.2. The summed E-state index contributed by atoms with van der Waals surface area (Å²) in [4.78, 5) is 26.6. The van der Waals surface area contributed by atoms with E-state index in [0.29, 0.717) is 23.4 Å². The third-order valence-corrected chi connectivity index (χ3v) is 4.39. The molecule has 3 N–H and O–H groups in total. The van der Waals surface area contributed by atoms with E-state index in [1.165, 1.54) is 4.90 Å². The van der Waals surface area contributed by atoms with Crippen LogP contribution >= 0.6 is 0 Å². The number of fused-ring (bicyclic) bond motifs is 1. The number of aryl methyl sites for hydroxylation is 1. The highest BCUT2D eigenvalue weighted by molar-refractivity contribution is 6.34. The van der Waals surface area contributed by atoms with Gasteiger partial charge in [0.1, 0.15) is 0 Å². The number of amides is 2. The fourth-order valence-corrected chi connectivity index (χ4v) is 2.96. The average molecular weight is 337 g/mol. The van der Waals surface area contributed by atoms with Crippen LogP contribution in [0, 0.1) is 6.92 Å². The van der Waals surface area contributed by atoms with Crippen molar-refractivity contribution in [2.75, 3.05) is 23.3 Å². The lowest BCUT2D eigenvalue weighted by atomic mass is 10.1. The summed E-state index contributed by atoms with van der Waals surface area (Å²) in [6, 6.07) is 12.7. The molecule has 0 fully saturated rings. The van der Waals surface area contributed by atoms with E-state index in [-0.39, 0.29) is 11.8 Å². The molecule has 25 heavy (non-hydrogen) atoms. The second-order valence-corrected chi connectivity index (χ2v) is 6.32. The van der Waals surface area contributed by atoms with Gasteiger partial charge in [-0.25, -0.2) is 4.90 Å². The van der Waals surface area contributed by atoms with Gasteiger partial charge in [0.25, 0.3) is 11.8 Å². The van der Waals surface area contributed by atoms with E-state index < -0.39 is 0 Å². The molecule has 0 unspecified atom stereocenters. The average Bonchev–Trinajstić information content (AvgIpc) is 2.86. The van der Waals surface area contributed by atoms with Crippen molar-refractivity contribution in [1.29, 1.82) is 0 Å². The number of carbonyl (C=O) groups excluding carboxylic acids is 2. The van der Waals surface area contributed by atoms with Crippen molar-refractivity contribution in [3.05, 3.63) is 59.2 Å². The maximum absolute atomic E-state index is 12.7. The first-order chi connectivity index (χ1) is 12.1. The number of nitrogens with one attached hydrogen (secondary N) is 1. The number of nitrogens with zero attached hydrogens (tertiary/aromatic N) is 1. The molecule has 2 amide bonds. The van der Waals surface area contributed by atoms with Crippen molar-refractivity contribution >= 4 is 23.2 Å². The lowest BCUT2D eigenvalue weighted by molar-refractivity contribution is 0.0926. The van der Waals surface area contributed by atoms with Crippen LogP contribution in [0.4, 0.5) is 11.4 Å². The van der Waals surface area contributed by atoms with Crippen molar-refractivity contribution in [2.45, 2.75) is 26.2 Å².